The number of phenols is 1. The minimum atomic E-state index is -0.260. The molecule has 0 saturated carbocycles. The van der Waals surface area contributed by atoms with Crippen molar-refractivity contribution < 1.29 is 14.3 Å². The zero-order valence-corrected chi connectivity index (χ0v) is 12.2. The Bertz CT molecular complexity index is 544. The number of aromatic hydroxyl groups is 1. The largest absolute Gasteiger partial charge is 0.508 e. The van der Waals surface area contributed by atoms with Crippen molar-refractivity contribution in [1.29, 1.82) is 0 Å². The van der Waals surface area contributed by atoms with E-state index in [-0.39, 0.29) is 17.6 Å². The van der Waals surface area contributed by atoms with E-state index in [4.69, 9.17) is 0 Å². The normalized spacial score (nSPS) is 10.2. The van der Waals surface area contributed by atoms with Gasteiger partial charge in [-0.1, -0.05) is 24.3 Å². The number of halogens is 1. The number of phenolic OH excluding ortho intramolecular Hbond substituents is 1. The first-order valence-corrected chi connectivity index (χ1v) is 7.17. The molecule has 0 bridgehead atoms. The zero-order valence-electron chi connectivity index (χ0n) is 12.2. The van der Waals surface area contributed by atoms with Gasteiger partial charge in [-0.05, 0) is 48.2 Å². The third-order valence-corrected chi connectivity index (χ3v) is 3.25. The molecular formula is C17H19FN2O2. The third-order valence-electron chi connectivity index (χ3n) is 3.25. The molecular weight excluding hydrogens is 283 g/mol. The highest BCUT2D eigenvalue weighted by Crippen LogP contribution is 2.09. The number of urea groups is 1. The number of hydrogen-bond acceptors (Lipinski definition) is 2. The quantitative estimate of drug-likeness (QED) is 0.768. The fourth-order valence-corrected chi connectivity index (χ4v) is 2.02. The van der Waals surface area contributed by atoms with Gasteiger partial charge in [-0.3, -0.25) is 0 Å². The van der Waals surface area contributed by atoms with Gasteiger partial charge in [-0.25, -0.2) is 9.18 Å². The summed E-state index contributed by atoms with van der Waals surface area (Å²) in [6.45, 7) is 1.02. The van der Waals surface area contributed by atoms with Crippen molar-refractivity contribution in [3.8, 4) is 5.75 Å². The van der Waals surface area contributed by atoms with E-state index in [1.54, 1.807) is 24.3 Å². The molecule has 0 aromatic heterocycles. The van der Waals surface area contributed by atoms with E-state index in [0.717, 1.165) is 11.1 Å². The molecule has 0 fully saturated rings. The Kier molecular flexibility index (Phi) is 5.77. The fraction of sp³-hybridized carbons (Fsp3) is 0.235. The van der Waals surface area contributed by atoms with Crippen molar-refractivity contribution in [2.45, 2.75) is 12.8 Å². The van der Waals surface area contributed by atoms with Gasteiger partial charge in [0.15, 0.2) is 0 Å². The molecule has 4 nitrogen and oxygen atoms in total. The highest BCUT2D eigenvalue weighted by molar-refractivity contribution is 5.73. The summed E-state index contributed by atoms with van der Waals surface area (Å²) < 4.78 is 12.7. The van der Waals surface area contributed by atoms with Gasteiger partial charge in [-0.15, -0.1) is 0 Å². The molecule has 0 spiro atoms. The number of rotatable bonds is 6. The molecule has 0 aliphatic carbocycles. The minimum Gasteiger partial charge on any atom is -0.508 e. The summed E-state index contributed by atoms with van der Waals surface area (Å²) >= 11 is 0. The molecule has 2 amide bonds. The van der Waals surface area contributed by atoms with Crippen molar-refractivity contribution in [1.82, 2.24) is 10.6 Å². The molecule has 2 aromatic rings. The van der Waals surface area contributed by atoms with Crippen LogP contribution in [0, 0.1) is 5.82 Å². The predicted molar refractivity (Wildman–Crippen MR) is 83.3 cm³/mol. The molecule has 3 N–H and O–H groups in total. The fourth-order valence-electron chi connectivity index (χ4n) is 2.02. The molecule has 22 heavy (non-hydrogen) atoms. The highest BCUT2D eigenvalue weighted by atomic mass is 19.1. The van der Waals surface area contributed by atoms with E-state index in [1.807, 2.05) is 12.1 Å². The van der Waals surface area contributed by atoms with Gasteiger partial charge >= 0.3 is 6.03 Å². The zero-order chi connectivity index (χ0) is 15.8. The lowest BCUT2D eigenvalue weighted by Gasteiger charge is -2.08. The maximum atomic E-state index is 12.7. The Morgan fingerprint density at radius 3 is 1.82 bits per heavy atom. The Hall–Kier alpha value is -2.56. The Morgan fingerprint density at radius 1 is 0.864 bits per heavy atom. The van der Waals surface area contributed by atoms with Crippen LogP contribution in [0.2, 0.25) is 0 Å². The maximum Gasteiger partial charge on any atom is 0.314 e. The molecule has 5 heteroatoms. The van der Waals surface area contributed by atoms with Crippen molar-refractivity contribution in [2.24, 2.45) is 0 Å². The Balaban J connectivity index is 1.61. The lowest BCUT2D eigenvalue weighted by Crippen LogP contribution is -2.37. The number of nitrogens with one attached hydrogen (secondary N) is 2. The molecule has 2 aromatic carbocycles. The monoisotopic (exact) mass is 302 g/mol. The van der Waals surface area contributed by atoms with Crippen molar-refractivity contribution in [3.63, 3.8) is 0 Å². The van der Waals surface area contributed by atoms with E-state index in [0.29, 0.717) is 25.9 Å². The number of carbonyl (C=O) groups is 1. The summed E-state index contributed by atoms with van der Waals surface area (Å²) in [7, 11) is 0. The lowest BCUT2D eigenvalue weighted by molar-refractivity contribution is 0.241. The molecule has 0 atom stereocenters. The van der Waals surface area contributed by atoms with Gasteiger partial charge < -0.3 is 15.7 Å². The smallest absolute Gasteiger partial charge is 0.314 e. The molecule has 116 valence electrons. The van der Waals surface area contributed by atoms with Crippen molar-refractivity contribution in [2.75, 3.05) is 13.1 Å². The van der Waals surface area contributed by atoms with Gasteiger partial charge in [0.2, 0.25) is 0 Å². The van der Waals surface area contributed by atoms with Crippen LogP contribution < -0.4 is 10.6 Å². The summed E-state index contributed by atoms with van der Waals surface area (Å²) in [6, 6.07) is 12.9. The summed E-state index contributed by atoms with van der Waals surface area (Å²) in [6.07, 6.45) is 1.36. The van der Waals surface area contributed by atoms with Crippen LogP contribution in [0.4, 0.5) is 9.18 Å². The van der Waals surface area contributed by atoms with Crippen LogP contribution in [0.1, 0.15) is 11.1 Å². The number of benzene rings is 2. The van der Waals surface area contributed by atoms with E-state index >= 15 is 0 Å². The third kappa shape index (κ3) is 5.44. The second-order valence-corrected chi connectivity index (χ2v) is 4.98. The standard InChI is InChI=1S/C17H19FN2O2/c18-15-5-1-13(2-6-15)9-11-19-17(22)20-12-10-14-3-7-16(21)8-4-14/h1-8,21H,9-12H2,(H2,19,20,22). The molecule has 0 aliphatic heterocycles. The summed E-state index contributed by atoms with van der Waals surface area (Å²) in [5.41, 5.74) is 2.02. The Labute approximate surface area is 129 Å². The van der Waals surface area contributed by atoms with Crippen LogP contribution in [0.25, 0.3) is 0 Å². The lowest BCUT2D eigenvalue weighted by atomic mass is 10.1. The van der Waals surface area contributed by atoms with Gasteiger partial charge in [0, 0.05) is 13.1 Å². The number of carbonyl (C=O) groups excluding carboxylic acids is 1. The first kappa shape index (κ1) is 15.8. The topological polar surface area (TPSA) is 61.4 Å². The summed E-state index contributed by atoms with van der Waals surface area (Å²) in [5, 5.41) is 14.7. The first-order valence-electron chi connectivity index (χ1n) is 7.17. The molecule has 0 heterocycles. The molecule has 0 radical (unpaired) electrons. The summed E-state index contributed by atoms with van der Waals surface area (Å²) in [4.78, 5) is 11.6. The minimum absolute atomic E-state index is 0.221. The highest BCUT2D eigenvalue weighted by Gasteiger charge is 2.00. The van der Waals surface area contributed by atoms with E-state index in [2.05, 4.69) is 10.6 Å². The van der Waals surface area contributed by atoms with Gasteiger partial charge in [0.1, 0.15) is 11.6 Å². The Morgan fingerprint density at radius 2 is 1.32 bits per heavy atom. The SMILES string of the molecule is O=C(NCCc1ccc(O)cc1)NCCc1ccc(F)cc1. The van der Waals surface area contributed by atoms with Crippen LogP contribution in [0.3, 0.4) is 0 Å². The van der Waals surface area contributed by atoms with Crippen LogP contribution in [-0.4, -0.2) is 24.2 Å². The summed E-state index contributed by atoms with van der Waals surface area (Å²) in [5.74, 6) is -0.0288. The average Bonchev–Trinajstić information content (AvgIpc) is 2.51. The van der Waals surface area contributed by atoms with Crippen molar-refractivity contribution in [3.05, 3.63) is 65.5 Å². The second kappa shape index (κ2) is 8.02. The van der Waals surface area contributed by atoms with E-state index in [1.165, 1.54) is 12.1 Å². The van der Waals surface area contributed by atoms with E-state index < -0.39 is 0 Å². The maximum absolute atomic E-state index is 12.7. The van der Waals surface area contributed by atoms with Gasteiger partial charge in [0.25, 0.3) is 0 Å². The van der Waals surface area contributed by atoms with Crippen molar-refractivity contribution >= 4 is 6.03 Å². The average molecular weight is 302 g/mol. The molecule has 0 aliphatic rings. The van der Waals surface area contributed by atoms with Crippen LogP contribution in [0.5, 0.6) is 5.75 Å². The number of hydrogen-bond donors (Lipinski definition) is 3. The van der Waals surface area contributed by atoms with Crippen LogP contribution in [-0.2, 0) is 12.8 Å². The van der Waals surface area contributed by atoms with E-state index in [9.17, 15) is 14.3 Å². The molecule has 0 unspecified atom stereocenters. The van der Waals surface area contributed by atoms with Gasteiger partial charge in [-0.2, -0.15) is 0 Å². The van der Waals surface area contributed by atoms with Gasteiger partial charge in [0.05, 0.1) is 0 Å². The molecule has 2 rings (SSSR count). The number of amides is 2. The van der Waals surface area contributed by atoms with Crippen LogP contribution >= 0.6 is 0 Å². The molecule has 0 saturated heterocycles. The second-order valence-electron chi connectivity index (χ2n) is 4.98. The first-order chi connectivity index (χ1) is 10.6. The predicted octanol–water partition coefficient (Wildman–Crippen LogP) is 2.62. The van der Waals surface area contributed by atoms with Crippen LogP contribution in [0.15, 0.2) is 48.5 Å².